The van der Waals surface area contributed by atoms with E-state index in [0.717, 1.165) is 80.3 Å². The van der Waals surface area contributed by atoms with Crippen LogP contribution in [0.3, 0.4) is 0 Å². The van der Waals surface area contributed by atoms with E-state index in [0.29, 0.717) is 30.6 Å². The number of piperidine rings is 1. The number of phenols is 1. The van der Waals surface area contributed by atoms with Crippen LogP contribution in [0.4, 0.5) is 0 Å². The van der Waals surface area contributed by atoms with E-state index in [1.54, 1.807) is 0 Å². The molecule has 6 heteroatoms. The van der Waals surface area contributed by atoms with Crippen LogP contribution in [0.25, 0.3) is 10.9 Å². The predicted octanol–water partition coefficient (Wildman–Crippen LogP) is 6.34. The summed E-state index contributed by atoms with van der Waals surface area (Å²) in [7, 11) is 0. The molecule has 0 saturated carbocycles. The van der Waals surface area contributed by atoms with E-state index in [9.17, 15) is 14.7 Å². The third-order valence-corrected chi connectivity index (χ3v) is 7.42. The summed E-state index contributed by atoms with van der Waals surface area (Å²) < 4.78 is 2.21. The Morgan fingerprint density at radius 1 is 1.00 bits per heavy atom. The zero-order valence-corrected chi connectivity index (χ0v) is 22.3. The van der Waals surface area contributed by atoms with Gasteiger partial charge in [-0.15, -0.1) is 0 Å². The van der Waals surface area contributed by atoms with Gasteiger partial charge >= 0.3 is 0 Å². The molecule has 6 nitrogen and oxygen atoms in total. The number of unbranched alkanes of at least 4 members (excludes halogenated alkanes) is 4. The van der Waals surface area contributed by atoms with E-state index < -0.39 is 0 Å². The predicted molar refractivity (Wildman–Crippen MR) is 143 cm³/mol. The number of ketones is 1. The molecule has 1 aromatic carbocycles. The SMILES string of the molecule is CCCCCCn1c(C)c(C(=O)NCCCC)c2c(CN3CCCCC3)c(O)c(C(=O)CC)cc21. The fraction of sp³-hybridized carbons (Fsp3) is 0.655. The van der Waals surface area contributed by atoms with Crippen LogP contribution in [0.1, 0.15) is 117 Å². The quantitative estimate of drug-likeness (QED) is 0.257. The van der Waals surface area contributed by atoms with Crippen molar-refractivity contribution in [1.29, 1.82) is 0 Å². The molecule has 0 aliphatic carbocycles. The number of aromatic hydroxyl groups is 1. The Bertz CT molecular complexity index is 1020. The first-order valence-electron chi connectivity index (χ1n) is 13.9. The molecule has 0 unspecified atom stereocenters. The maximum absolute atomic E-state index is 13.5. The first-order valence-corrected chi connectivity index (χ1v) is 13.9. The van der Waals surface area contributed by atoms with Crippen molar-refractivity contribution in [3.63, 3.8) is 0 Å². The highest BCUT2D eigenvalue weighted by molar-refractivity contribution is 6.12. The molecule has 2 heterocycles. The van der Waals surface area contributed by atoms with E-state index in [-0.39, 0.29) is 17.4 Å². The van der Waals surface area contributed by atoms with Gasteiger partial charge in [-0.05, 0) is 51.8 Å². The van der Waals surface area contributed by atoms with Crippen molar-refractivity contribution in [2.45, 2.75) is 105 Å². The fourth-order valence-electron chi connectivity index (χ4n) is 5.33. The van der Waals surface area contributed by atoms with Crippen molar-refractivity contribution >= 4 is 22.6 Å². The summed E-state index contributed by atoms with van der Waals surface area (Å²) in [5, 5.41) is 15.3. The van der Waals surface area contributed by atoms with Crippen molar-refractivity contribution in [2.75, 3.05) is 19.6 Å². The third-order valence-electron chi connectivity index (χ3n) is 7.42. The molecule has 1 aliphatic heterocycles. The average molecular weight is 484 g/mol. The maximum atomic E-state index is 13.5. The normalized spacial score (nSPS) is 14.5. The standard InChI is InChI=1S/C29H45N3O3/c1-5-8-10-14-18-32-21(4)26(29(35)30-15-9-6-2)27-23(20-31-16-12-11-13-17-31)28(34)22(19-24(27)32)25(33)7-3/h19,34H,5-18,20H2,1-4H3,(H,30,35). The molecular weight excluding hydrogens is 438 g/mol. The molecule has 1 amide bonds. The van der Waals surface area contributed by atoms with Crippen LogP contribution in [-0.2, 0) is 13.1 Å². The van der Waals surface area contributed by atoms with Crippen molar-refractivity contribution < 1.29 is 14.7 Å². The summed E-state index contributed by atoms with van der Waals surface area (Å²) in [6.07, 6.45) is 10.3. The highest BCUT2D eigenvalue weighted by Crippen LogP contribution is 2.38. The minimum Gasteiger partial charge on any atom is -0.507 e. The molecule has 3 rings (SSSR count). The number of likely N-dealkylation sites (tertiary alicyclic amines) is 1. The highest BCUT2D eigenvalue weighted by atomic mass is 16.3. The first-order chi connectivity index (χ1) is 16.9. The molecule has 2 aromatic rings. The molecular formula is C29H45N3O3. The first kappa shape index (κ1) is 27.3. The summed E-state index contributed by atoms with van der Waals surface area (Å²) in [6.45, 7) is 12.1. The average Bonchev–Trinajstić information content (AvgIpc) is 3.14. The van der Waals surface area contributed by atoms with E-state index >= 15 is 0 Å². The smallest absolute Gasteiger partial charge is 0.253 e. The van der Waals surface area contributed by atoms with Gasteiger partial charge in [-0.25, -0.2) is 0 Å². The second-order valence-electron chi connectivity index (χ2n) is 10.0. The number of carbonyl (C=O) groups excluding carboxylic acids is 2. The number of nitrogens with one attached hydrogen (secondary N) is 1. The zero-order chi connectivity index (χ0) is 25.4. The zero-order valence-electron chi connectivity index (χ0n) is 22.3. The summed E-state index contributed by atoms with van der Waals surface area (Å²) in [4.78, 5) is 28.7. The Hall–Kier alpha value is -2.34. The van der Waals surface area contributed by atoms with Crippen LogP contribution >= 0.6 is 0 Å². The summed E-state index contributed by atoms with van der Waals surface area (Å²) in [5.41, 5.74) is 3.60. The number of phenolic OH excluding ortho intramolecular Hbond substituents is 1. The molecule has 35 heavy (non-hydrogen) atoms. The van der Waals surface area contributed by atoms with Gasteiger partial charge in [0.05, 0.1) is 16.6 Å². The molecule has 0 bridgehead atoms. The van der Waals surface area contributed by atoms with Gasteiger partial charge in [0.25, 0.3) is 5.91 Å². The number of benzene rings is 1. The van der Waals surface area contributed by atoms with Crippen LogP contribution in [0.2, 0.25) is 0 Å². The van der Waals surface area contributed by atoms with Crippen molar-refractivity contribution in [3.05, 3.63) is 28.5 Å². The number of aromatic nitrogens is 1. The molecule has 194 valence electrons. The number of nitrogens with zero attached hydrogens (tertiary/aromatic N) is 2. The number of hydrogen-bond acceptors (Lipinski definition) is 4. The number of rotatable bonds is 13. The number of hydrogen-bond donors (Lipinski definition) is 2. The fourth-order valence-corrected chi connectivity index (χ4v) is 5.33. The monoisotopic (exact) mass is 483 g/mol. The number of fused-ring (bicyclic) bond motifs is 1. The van der Waals surface area contributed by atoms with Gasteiger partial charge in [0, 0.05) is 42.7 Å². The second kappa shape index (κ2) is 13.1. The van der Waals surface area contributed by atoms with Gasteiger partial charge in [-0.1, -0.05) is 52.9 Å². The van der Waals surface area contributed by atoms with Crippen LogP contribution in [0, 0.1) is 6.92 Å². The van der Waals surface area contributed by atoms with Gasteiger partial charge in [0.15, 0.2) is 5.78 Å². The Morgan fingerprint density at radius 3 is 2.37 bits per heavy atom. The summed E-state index contributed by atoms with van der Waals surface area (Å²) >= 11 is 0. The van der Waals surface area contributed by atoms with Gasteiger partial charge in [0.1, 0.15) is 5.75 Å². The molecule has 1 fully saturated rings. The molecule has 1 aromatic heterocycles. The van der Waals surface area contributed by atoms with Crippen LogP contribution in [-0.4, -0.2) is 45.9 Å². The van der Waals surface area contributed by atoms with Crippen molar-refractivity contribution in [1.82, 2.24) is 14.8 Å². The van der Waals surface area contributed by atoms with Gasteiger partial charge in [0.2, 0.25) is 0 Å². The van der Waals surface area contributed by atoms with E-state index in [1.807, 2.05) is 19.9 Å². The lowest BCUT2D eigenvalue weighted by atomic mass is 9.96. The van der Waals surface area contributed by atoms with E-state index in [1.165, 1.54) is 19.3 Å². The van der Waals surface area contributed by atoms with E-state index in [4.69, 9.17) is 0 Å². The number of Topliss-reactive ketones (excluding diaryl/α,β-unsaturated/α-hetero) is 1. The van der Waals surface area contributed by atoms with Gasteiger partial charge in [-0.3, -0.25) is 14.5 Å². The molecule has 0 radical (unpaired) electrons. The molecule has 1 saturated heterocycles. The van der Waals surface area contributed by atoms with Crippen molar-refractivity contribution in [3.8, 4) is 5.75 Å². The topological polar surface area (TPSA) is 74.6 Å². The van der Waals surface area contributed by atoms with E-state index in [2.05, 4.69) is 28.6 Å². The lowest BCUT2D eigenvalue weighted by Gasteiger charge is -2.27. The summed E-state index contributed by atoms with van der Waals surface area (Å²) in [6, 6.07) is 1.84. The summed E-state index contributed by atoms with van der Waals surface area (Å²) in [5.74, 6) is -0.0857. The maximum Gasteiger partial charge on any atom is 0.253 e. The molecule has 2 N–H and O–H groups in total. The Morgan fingerprint density at radius 2 is 1.71 bits per heavy atom. The molecule has 0 spiro atoms. The largest absolute Gasteiger partial charge is 0.507 e. The number of aryl methyl sites for hydroxylation is 1. The Kier molecular flexibility index (Phi) is 10.2. The molecule has 1 aliphatic rings. The second-order valence-corrected chi connectivity index (χ2v) is 10.0. The van der Waals surface area contributed by atoms with Crippen molar-refractivity contribution in [2.24, 2.45) is 0 Å². The molecule has 0 atom stereocenters. The minimum absolute atomic E-state index is 0.0562. The third kappa shape index (κ3) is 6.27. The van der Waals surface area contributed by atoms with Crippen LogP contribution in [0.15, 0.2) is 6.07 Å². The van der Waals surface area contributed by atoms with Crippen LogP contribution in [0.5, 0.6) is 5.75 Å². The lowest BCUT2D eigenvalue weighted by molar-refractivity contribution is 0.0952. The lowest BCUT2D eigenvalue weighted by Crippen LogP contribution is -2.29. The Balaban J connectivity index is 2.19. The Labute approximate surface area is 211 Å². The van der Waals surface area contributed by atoms with Gasteiger partial charge in [-0.2, -0.15) is 0 Å². The minimum atomic E-state index is -0.0814. The number of amides is 1. The highest BCUT2D eigenvalue weighted by Gasteiger charge is 2.28. The number of carbonyl (C=O) groups is 2. The van der Waals surface area contributed by atoms with Gasteiger partial charge < -0.3 is 15.0 Å². The van der Waals surface area contributed by atoms with Crippen LogP contribution < -0.4 is 5.32 Å².